The fourth-order valence-electron chi connectivity index (χ4n) is 3.79. The Morgan fingerprint density at radius 2 is 2.04 bits per heavy atom. The van der Waals surface area contributed by atoms with Crippen LogP contribution in [0.1, 0.15) is 50.1 Å². The van der Waals surface area contributed by atoms with E-state index in [0.717, 1.165) is 30.6 Å². The van der Waals surface area contributed by atoms with Gasteiger partial charge in [0.25, 0.3) is 0 Å². The molecule has 1 aromatic carbocycles. The maximum absolute atomic E-state index is 12.2. The summed E-state index contributed by atoms with van der Waals surface area (Å²) in [5, 5.41) is 3.14. The highest BCUT2D eigenvalue weighted by atomic mass is 16.5. The minimum absolute atomic E-state index is 0.00780. The Bertz CT molecular complexity index is 554. The summed E-state index contributed by atoms with van der Waals surface area (Å²) in [5.41, 5.74) is 0.945. The van der Waals surface area contributed by atoms with E-state index in [-0.39, 0.29) is 24.2 Å². The van der Waals surface area contributed by atoms with Crippen LogP contribution < -0.4 is 10.1 Å². The van der Waals surface area contributed by atoms with Crippen molar-refractivity contribution in [2.24, 2.45) is 0 Å². The van der Waals surface area contributed by atoms with Gasteiger partial charge >= 0.3 is 0 Å². The largest absolute Gasteiger partial charge is 0.487 e. The Morgan fingerprint density at radius 1 is 1.25 bits per heavy atom. The van der Waals surface area contributed by atoms with Gasteiger partial charge in [0.15, 0.2) is 0 Å². The zero-order valence-corrected chi connectivity index (χ0v) is 14.4. The smallest absolute Gasteiger partial charge is 0.246 e. The van der Waals surface area contributed by atoms with Crippen LogP contribution in [0, 0.1) is 0 Å². The lowest BCUT2D eigenvalue weighted by Crippen LogP contribution is -2.47. The summed E-state index contributed by atoms with van der Waals surface area (Å²) in [6, 6.07) is 8.04. The first kappa shape index (κ1) is 17.2. The van der Waals surface area contributed by atoms with Crippen molar-refractivity contribution < 1.29 is 19.0 Å². The van der Waals surface area contributed by atoms with E-state index in [1.807, 2.05) is 24.3 Å². The normalized spacial score (nSPS) is 21.8. The fourth-order valence-corrected chi connectivity index (χ4v) is 3.79. The lowest BCUT2D eigenvalue weighted by Gasteiger charge is -2.44. The van der Waals surface area contributed by atoms with Crippen LogP contribution in [-0.2, 0) is 14.3 Å². The first-order valence-corrected chi connectivity index (χ1v) is 8.86. The second-order valence-corrected chi connectivity index (χ2v) is 6.75. The third-order valence-corrected chi connectivity index (χ3v) is 4.96. The third kappa shape index (κ3) is 4.08. The van der Waals surface area contributed by atoms with Crippen molar-refractivity contribution in [1.29, 1.82) is 0 Å². The van der Waals surface area contributed by atoms with Crippen LogP contribution in [0.4, 0.5) is 0 Å². The number of benzene rings is 1. The van der Waals surface area contributed by atoms with Gasteiger partial charge in [-0.1, -0.05) is 24.6 Å². The van der Waals surface area contributed by atoms with Crippen molar-refractivity contribution in [2.45, 2.75) is 50.2 Å². The van der Waals surface area contributed by atoms with Crippen molar-refractivity contribution in [2.75, 3.05) is 26.9 Å². The minimum Gasteiger partial charge on any atom is -0.487 e. The Morgan fingerprint density at radius 3 is 2.83 bits per heavy atom. The molecule has 3 rings (SSSR count). The molecule has 1 heterocycles. The summed E-state index contributed by atoms with van der Waals surface area (Å²) in [6.45, 7) is 0.991. The number of hydrogen-bond donors (Lipinski definition) is 1. The van der Waals surface area contributed by atoms with Gasteiger partial charge in [-0.3, -0.25) is 4.79 Å². The molecule has 1 aliphatic carbocycles. The molecule has 2 aliphatic rings. The molecule has 0 radical (unpaired) electrons. The Labute approximate surface area is 143 Å². The maximum Gasteiger partial charge on any atom is 0.246 e. The minimum atomic E-state index is -0.124. The molecule has 132 valence electrons. The number of ether oxygens (including phenoxy) is 3. The molecule has 1 amide bonds. The molecule has 1 aromatic rings. The number of amides is 1. The Hall–Kier alpha value is -1.59. The van der Waals surface area contributed by atoms with Crippen molar-refractivity contribution in [1.82, 2.24) is 5.32 Å². The van der Waals surface area contributed by atoms with E-state index in [1.54, 1.807) is 7.11 Å². The molecule has 1 spiro atoms. The van der Waals surface area contributed by atoms with Crippen LogP contribution in [0.3, 0.4) is 0 Å². The van der Waals surface area contributed by atoms with Gasteiger partial charge in [0.1, 0.15) is 18.0 Å². The summed E-state index contributed by atoms with van der Waals surface area (Å²) in [4.78, 5) is 12.2. The molecule has 24 heavy (non-hydrogen) atoms. The number of fused-ring (bicyclic) bond motifs is 1. The first-order chi connectivity index (χ1) is 11.7. The molecule has 0 saturated heterocycles. The summed E-state index contributed by atoms with van der Waals surface area (Å²) in [5.74, 6) is 0.829. The zero-order valence-electron chi connectivity index (χ0n) is 14.4. The molecule has 1 fully saturated rings. The lowest BCUT2D eigenvalue weighted by molar-refractivity contribution is -0.127. The topological polar surface area (TPSA) is 56.8 Å². The lowest BCUT2D eigenvalue weighted by atomic mass is 9.77. The Kier molecular flexibility index (Phi) is 5.74. The molecule has 0 bridgehead atoms. The van der Waals surface area contributed by atoms with Crippen molar-refractivity contribution in [3.05, 3.63) is 29.8 Å². The summed E-state index contributed by atoms with van der Waals surface area (Å²) >= 11 is 0. The molecule has 0 unspecified atom stereocenters. The van der Waals surface area contributed by atoms with E-state index >= 15 is 0 Å². The molecular formula is C19H27NO4. The predicted octanol–water partition coefficient (Wildman–Crippen LogP) is 2.99. The van der Waals surface area contributed by atoms with Gasteiger partial charge in [0, 0.05) is 19.1 Å². The van der Waals surface area contributed by atoms with Crippen molar-refractivity contribution in [3.63, 3.8) is 0 Å². The van der Waals surface area contributed by atoms with Gasteiger partial charge in [-0.2, -0.15) is 0 Å². The fraction of sp³-hybridized carbons (Fsp3) is 0.632. The summed E-state index contributed by atoms with van der Waals surface area (Å²) in [7, 11) is 1.62. The van der Waals surface area contributed by atoms with E-state index in [9.17, 15) is 4.79 Å². The maximum atomic E-state index is 12.2. The van der Waals surface area contributed by atoms with E-state index < -0.39 is 0 Å². The van der Waals surface area contributed by atoms with Crippen molar-refractivity contribution >= 4 is 5.91 Å². The van der Waals surface area contributed by atoms with Gasteiger partial charge < -0.3 is 19.5 Å². The highest BCUT2D eigenvalue weighted by molar-refractivity contribution is 5.77. The molecule has 5 nitrogen and oxygen atoms in total. The molecule has 5 heteroatoms. The number of carbonyl (C=O) groups excluding carboxylic acids is 1. The standard InChI is InChI=1S/C19H27NO4/c1-22-11-12-23-14-18(21)20-16-13-19(9-5-2-6-10-19)24-17-8-4-3-7-15(16)17/h3-4,7-8,16H,2,5-6,9-14H2,1H3,(H,20,21)/t16-/m0/s1. The van der Waals surface area contributed by atoms with Crippen molar-refractivity contribution in [3.8, 4) is 5.75 Å². The van der Waals surface area contributed by atoms with Crippen LogP contribution in [-0.4, -0.2) is 38.4 Å². The molecule has 1 atom stereocenters. The number of hydrogen-bond acceptors (Lipinski definition) is 4. The van der Waals surface area contributed by atoms with Gasteiger partial charge in [0.05, 0.1) is 19.3 Å². The van der Waals surface area contributed by atoms with E-state index in [2.05, 4.69) is 5.32 Å². The van der Waals surface area contributed by atoms with Crippen LogP contribution in [0.5, 0.6) is 5.75 Å². The highest BCUT2D eigenvalue weighted by Crippen LogP contribution is 2.45. The van der Waals surface area contributed by atoms with E-state index in [0.29, 0.717) is 13.2 Å². The van der Waals surface area contributed by atoms with Crippen LogP contribution in [0.25, 0.3) is 0 Å². The van der Waals surface area contributed by atoms with Gasteiger partial charge in [-0.15, -0.1) is 0 Å². The van der Waals surface area contributed by atoms with Crippen LogP contribution in [0.15, 0.2) is 24.3 Å². The van der Waals surface area contributed by atoms with Crippen LogP contribution >= 0.6 is 0 Å². The van der Waals surface area contributed by atoms with Gasteiger partial charge in [-0.25, -0.2) is 0 Å². The predicted molar refractivity (Wildman–Crippen MR) is 91.1 cm³/mol. The van der Waals surface area contributed by atoms with Gasteiger partial charge in [0.2, 0.25) is 5.91 Å². The van der Waals surface area contributed by atoms with Crippen LogP contribution in [0.2, 0.25) is 0 Å². The molecule has 0 aromatic heterocycles. The SMILES string of the molecule is COCCOCC(=O)N[C@H]1CC2(CCCCC2)Oc2ccccc21. The number of nitrogens with one attached hydrogen (secondary N) is 1. The van der Waals surface area contributed by atoms with E-state index in [4.69, 9.17) is 14.2 Å². The summed E-state index contributed by atoms with van der Waals surface area (Å²) < 4.78 is 16.6. The number of para-hydroxylation sites is 1. The molecule has 1 aliphatic heterocycles. The first-order valence-electron chi connectivity index (χ1n) is 8.86. The molecule has 1 N–H and O–H groups in total. The number of methoxy groups -OCH3 is 1. The third-order valence-electron chi connectivity index (χ3n) is 4.96. The zero-order chi connectivity index (χ0) is 16.8. The monoisotopic (exact) mass is 333 g/mol. The average Bonchev–Trinajstić information content (AvgIpc) is 2.59. The highest BCUT2D eigenvalue weighted by Gasteiger charge is 2.42. The molecular weight excluding hydrogens is 306 g/mol. The average molecular weight is 333 g/mol. The number of rotatable bonds is 6. The van der Waals surface area contributed by atoms with Gasteiger partial charge in [-0.05, 0) is 31.7 Å². The van der Waals surface area contributed by atoms with E-state index in [1.165, 1.54) is 19.3 Å². The molecule has 1 saturated carbocycles. The Balaban J connectivity index is 1.67. The number of carbonyl (C=O) groups is 1. The second kappa shape index (κ2) is 7.99. The second-order valence-electron chi connectivity index (χ2n) is 6.75. The quantitative estimate of drug-likeness (QED) is 0.813. The summed E-state index contributed by atoms with van der Waals surface area (Å²) in [6.07, 6.45) is 6.65.